The van der Waals surface area contributed by atoms with Gasteiger partial charge >= 0.3 is 12.1 Å². The Labute approximate surface area is 125 Å². The molecule has 1 aromatic rings. The molecule has 22 heavy (non-hydrogen) atoms. The van der Waals surface area contributed by atoms with Gasteiger partial charge in [-0.3, -0.25) is 0 Å². The van der Waals surface area contributed by atoms with Crippen LogP contribution in [0.4, 0.5) is 19.0 Å². The number of alkyl halides is 3. The molecule has 0 bridgehead atoms. The van der Waals surface area contributed by atoms with Gasteiger partial charge in [0.15, 0.2) is 11.5 Å². The van der Waals surface area contributed by atoms with Crippen LogP contribution in [0.1, 0.15) is 25.1 Å². The zero-order valence-corrected chi connectivity index (χ0v) is 12.4. The van der Waals surface area contributed by atoms with Crippen LogP contribution < -0.4 is 5.73 Å². The summed E-state index contributed by atoms with van der Waals surface area (Å²) in [5, 5.41) is 0. The monoisotopic (exact) mass is 315 g/mol. The van der Waals surface area contributed by atoms with E-state index in [9.17, 15) is 18.0 Å². The number of aromatic nitrogens is 1. The number of hydrogen-bond donors (Lipinski definition) is 1. The lowest BCUT2D eigenvalue weighted by atomic mass is 10.2. The van der Waals surface area contributed by atoms with Crippen molar-refractivity contribution >= 4 is 17.5 Å². The summed E-state index contributed by atoms with van der Waals surface area (Å²) in [6, 6.07) is 1.65. The summed E-state index contributed by atoms with van der Waals surface area (Å²) in [7, 11) is 0. The lowest BCUT2D eigenvalue weighted by Gasteiger charge is -2.08. The molecule has 1 heterocycles. The second-order valence-electron chi connectivity index (χ2n) is 4.46. The summed E-state index contributed by atoms with van der Waals surface area (Å²) in [4.78, 5) is 19.4. The zero-order chi connectivity index (χ0) is 16.9. The topological polar surface area (TPSA) is 77.6 Å². The van der Waals surface area contributed by atoms with Crippen molar-refractivity contribution in [2.75, 3.05) is 6.61 Å². The summed E-state index contributed by atoms with van der Waals surface area (Å²) < 4.78 is 43.1. The molecule has 0 aliphatic rings. The lowest BCUT2D eigenvalue weighted by Crippen LogP contribution is -2.17. The highest BCUT2D eigenvalue weighted by atomic mass is 19.4. The highest BCUT2D eigenvalue weighted by Crippen LogP contribution is 2.31. The van der Waals surface area contributed by atoms with Crippen molar-refractivity contribution in [3.8, 4) is 0 Å². The SMILES string of the molecule is CCOC(=O)C(C=C(C)N)=Nc1cc(C(F)(F)F)cc(C)n1. The Morgan fingerprint density at radius 1 is 1.45 bits per heavy atom. The molecule has 0 aromatic carbocycles. The van der Waals surface area contributed by atoms with Crippen LogP contribution in [0.3, 0.4) is 0 Å². The van der Waals surface area contributed by atoms with E-state index in [1.165, 1.54) is 19.9 Å². The summed E-state index contributed by atoms with van der Waals surface area (Å²) in [5.74, 6) is -1.03. The molecule has 0 unspecified atom stereocenters. The van der Waals surface area contributed by atoms with Gasteiger partial charge in [0.1, 0.15) is 0 Å². The normalized spacial score (nSPS) is 13.2. The van der Waals surface area contributed by atoms with Crippen LogP contribution in [-0.2, 0) is 15.7 Å². The lowest BCUT2D eigenvalue weighted by molar-refractivity contribution is -0.137. The number of halogens is 3. The average molecular weight is 315 g/mol. The van der Waals surface area contributed by atoms with Gasteiger partial charge < -0.3 is 10.5 Å². The van der Waals surface area contributed by atoms with Crippen molar-refractivity contribution in [2.24, 2.45) is 10.7 Å². The first-order valence-electron chi connectivity index (χ1n) is 6.39. The van der Waals surface area contributed by atoms with Gasteiger partial charge in [-0.2, -0.15) is 13.2 Å². The molecular weight excluding hydrogens is 299 g/mol. The van der Waals surface area contributed by atoms with Crippen LogP contribution in [0.15, 0.2) is 28.9 Å². The molecule has 0 fully saturated rings. The van der Waals surface area contributed by atoms with E-state index in [0.29, 0.717) is 0 Å². The minimum Gasteiger partial charge on any atom is -0.461 e. The Kier molecular flexibility index (Phi) is 5.67. The smallest absolute Gasteiger partial charge is 0.416 e. The first-order valence-corrected chi connectivity index (χ1v) is 6.39. The molecular formula is C14H16F3N3O2. The van der Waals surface area contributed by atoms with Gasteiger partial charge in [0.2, 0.25) is 0 Å². The molecule has 1 aromatic heterocycles. The van der Waals surface area contributed by atoms with Crippen molar-refractivity contribution < 1.29 is 22.7 Å². The largest absolute Gasteiger partial charge is 0.461 e. The van der Waals surface area contributed by atoms with Crippen molar-refractivity contribution in [3.05, 3.63) is 35.2 Å². The fraction of sp³-hybridized carbons (Fsp3) is 0.357. The maximum atomic E-state index is 12.8. The third-order valence-corrected chi connectivity index (χ3v) is 2.35. The van der Waals surface area contributed by atoms with E-state index in [1.54, 1.807) is 6.92 Å². The van der Waals surface area contributed by atoms with E-state index in [-0.39, 0.29) is 29.5 Å². The molecule has 0 radical (unpaired) electrons. The minimum absolute atomic E-state index is 0.102. The molecule has 0 saturated heterocycles. The van der Waals surface area contributed by atoms with E-state index in [0.717, 1.165) is 12.1 Å². The number of aliphatic imine (C=N–C) groups is 1. The van der Waals surface area contributed by atoms with Crippen LogP contribution in [0, 0.1) is 6.92 Å². The molecule has 0 spiro atoms. The maximum absolute atomic E-state index is 12.8. The fourth-order valence-corrected chi connectivity index (χ4v) is 1.55. The highest BCUT2D eigenvalue weighted by molar-refractivity contribution is 6.41. The molecule has 0 atom stereocenters. The predicted molar refractivity (Wildman–Crippen MR) is 75.6 cm³/mol. The molecule has 0 amide bonds. The van der Waals surface area contributed by atoms with Gasteiger partial charge in [-0.15, -0.1) is 0 Å². The first kappa shape index (κ1) is 17.7. The molecule has 5 nitrogen and oxygen atoms in total. The van der Waals surface area contributed by atoms with E-state index >= 15 is 0 Å². The van der Waals surface area contributed by atoms with Crippen LogP contribution >= 0.6 is 0 Å². The third-order valence-electron chi connectivity index (χ3n) is 2.35. The number of hydrogen-bond acceptors (Lipinski definition) is 5. The number of esters is 1. The number of allylic oxidation sites excluding steroid dienone is 1. The minimum atomic E-state index is -4.53. The molecule has 0 saturated carbocycles. The van der Waals surface area contributed by atoms with Crippen molar-refractivity contribution in [1.29, 1.82) is 0 Å². The van der Waals surface area contributed by atoms with Crippen LogP contribution in [0.2, 0.25) is 0 Å². The van der Waals surface area contributed by atoms with Gasteiger partial charge in [0.05, 0.1) is 12.2 Å². The van der Waals surface area contributed by atoms with Gasteiger partial charge in [-0.25, -0.2) is 14.8 Å². The summed E-state index contributed by atoms with van der Waals surface area (Å²) >= 11 is 0. The summed E-state index contributed by atoms with van der Waals surface area (Å²) in [6.07, 6.45) is -3.31. The number of ether oxygens (including phenoxy) is 1. The first-order chi connectivity index (χ1) is 10.1. The number of aryl methyl sites for hydroxylation is 1. The van der Waals surface area contributed by atoms with Gasteiger partial charge in [0.25, 0.3) is 0 Å². The van der Waals surface area contributed by atoms with E-state index in [1.807, 2.05) is 0 Å². The Bertz CT molecular complexity index is 618. The van der Waals surface area contributed by atoms with Crippen molar-refractivity contribution in [3.63, 3.8) is 0 Å². The van der Waals surface area contributed by atoms with E-state index in [4.69, 9.17) is 10.5 Å². The Balaban J connectivity index is 3.34. The second-order valence-corrected chi connectivity index (χ2v) is 4.46. The average Bonchev–Trinajstić information content (AvgIpc) is 2.36. The second kappa shape index (κ2) is 7.06. The molecule has 8 heteroatoms. The van der Waals surface area contributed by atoms with Crippen LogP contribution in [0.25, 0.3) is 0 Å². The van der Waals surface area contributed by atoms with Gasteiger partial charge in [0, 0.05) is 11.4 Å². The summed E-state index contributed by atoms with van der Waals surface area (Å²) in [5.41, 5.74) is 4.76. The molecule has 0 aliphatic heterocycles. The third kappa shape index (κ3) is 5.19. The van der Waals surface area contributed by atoms with E-state index < -0.39 is 17.7 Å². The maximum Gasteiger partial charge on any atom is 0.416 e. The Morgan fingerprint density at radius 2 is 2.09 bits per heavy atom. The molecule has 120 valence electrons. The summed E-state index contributed by atoms with van der Waals surface area (Å²) in [6.45, 7) is 4.62. The van der Waals surface area contributed by atoms with Crippen LogP contribution in [0.5, 0.6) is 0 Å². The van der Waals surface area contributed by atoms with Crippen molar-refractivity contribution in [2.45, 2.75) is 26.9 Å². The number of carbonyl (C=O) groups is 1. The molecule has 2 N–H and O–H groups in total. The quantitative estimate of drug-likeness (QED) is 0.684. The number of nitrogens with zero attached hydrogens (tertiary/aromatic N) is 2. The number of rotatable bonds is 4. The Hall–Kier alpha value is -2.38. The predicted octanol–water partition coefficient (Wildman–Crippen LogP) is 2.91. The standard InChI is InChI=1S/C14H16F3N3O2/c1-4-22-13(21)11(5-8(2)18)20-12-7-10(14(15,16)17)6-9(3)19-12/h5-7H,4,18H2,1-3H3. The van der Waals surface area contributed by atoms with Gasteiger partial charge in [-0.05, 0) is 39.0 Å². The Morgan fingerprint density at radius 3 is 2.59 bits per heavy atom. The zero-order valence-electron chi connectivity index (χ0n) is 12.4. The number of nitrogens with two attached hydrogens (primary N) is 1. The molecule has 0 aliphatic carbocycles. The van der Waals surface area contributed by atoms with Gasteiger partial charge in [-0.1, -0.05) is 0 Å². The number of carbonyl (C=O) groups excluding carboxylic acids is 1. The number of pyridine rings is 1. The fourth-order valence-electron chi connectivity index (χ4n) is 1.55. The van der Waals surface area contributed by atoms with E-state index in [2.05, 4.69) is 9.98 Å². The highest BCUT2D eigenvalue weighted by Gasteiger charge is 2.31. The molecule has 1 rings (SSSR count). The van der Waals surface area contributed by atoms with Crippen molar-refractivity contribution in [1.82, 2.24) is 4.98 Å². The van der Waals surface area contributed by atoms with Crippen LogP contribution in [-0.4, -0.2) is 23.3 Å².